The van der Waals surface area contributed by atoms with E-state index in [0.29, 0.717) is 0 Å². The van der Waals surface area contributed by atoms with Crippen LogP contribution in [0.15, 0.2) is 4.99 Å². The van der Waals surface area contributed by atoms with Gasteiger partial charge < -0.3 is 44.4 Å². The van der Waals surface area contributed by atoms with E-state index in [1.165, 1.54) is 0 Å². The minimum atomic E-state index is -1.57. The molecule has 0 aromatic heterocycles. The van der Waals surface area contributed by atoms with Crippen LogP contribution in [0.25, 0.3) is 0 Å². The van der Waals surface area contributed by atoms with E-state index in [4.69, 9.17) is 33.8 Å². The van der Waals surface area contributed by atoms with Gasteiger partial charge in [0.1, 0.15) is 12.1 Å². The largest absolute Gasteiger partial charge is 0.480 e. The fraction of sp³-hybridized carbons (Fsp3) is 0.600. The van der Waals surface area contributed by atoms with Crippen molar-refractivity contribution in [3.05, 3.63) is 0 Å². The lowest BCUT2D eigenvalue weighted by atomic mass is 10.1. The highest BCUT2D eigenvalue weighted by Crippen LogP contribution is 2.03. The van der Waals surface area contributed by atoms with E-state index in [1.807, 2.05) is 0 Å². The van der Waals surface area contributed by atoms with Crippen LogP contribution >= 0.6 is 0 Å². The van der Waals surface area contributed by atoms with Gasteiger partial charge in [0, 0.05) is 13.0 Å². The Morgan fingerprint density at radius 3 is 1.93 bits per heavy atom. The van der Waals surface area contributed by atoms with Gasteiger partial charge in [0.05, 0.1) is 12.5 Å². The summed E-state index contributed by atoms with van der Waals surface area (Å²) in [5, 5.41) is 13.6. The smallest absolute Gasteiger partial charge is 0.326 e. The summed E-state index contributed by atoms with van der Waals surface area (Å²) in [5.41, 5.74) is 26.1. The molecule has 0 aromatic carbocycles. The van der Waals surface area contributed by atoms with Crippen molar-refractivity contribution in [2.75, 3.05) is 6.54 Å². The highest BCUT2D eigenvalue weighted by Gasteiger charge is 2.28. The molecule has 0 saturated carbocycles. The van der Waals surface area contributed by atoms with Crippen LogP contribution in [0, 0.1) is 0 Å². The Hall–Kier alpha value is -3.42. The van der Waals surface area contributed by atoms with Crippen LogP contribution < -0.4 is 39.3 Å². The summed E-state index contributed by atoms with van der Waals surface area (Å²) < 4.78 is 0. The van der Waals surface area contributed by atoms with Crippen LogP contribution in [0.5, 0.6) is 0 Å². The zero-order valence-corrected chi connectivity index (χ0v) is 15.8. The molecule has 0 bridgehead atoms. The molecule has 4 amide bonds. The molecule has 0 rings (SSSR count). The average Bonchev–Trinajstić information content (AvgIpc) is 2.60. The Morgan fingerprint density at radius 1 is 0.862 bits per heavy atom. The first-order valence-electron chi connectivity index (χ1n) is 8.65. The Labute approximate surface area is 166 Å². The minimum absolute atomic E-state index is 0.0388. The number of nitrogens with two attached hydrogens (primary N) is 5. The number of hydrogen-bond acceptors (Lipinski definition) is 7. The number of primary amides is 2. The second kappa shape index (κ2) is 12.9. The van der Waals surface area contributed by atoms with Gasteiger partial charge in [-0.3, -0.25) is 24.2 Å². The van der Waals surface area contributed by atoms with Crippen LogP contribution in [0.2, 0.25) is 0 Å². The molecule has 164 valence electrons. The van der Waals surface area contributed by atoms with Gasteiger partial charge >= 0.3 is 5.97 Å². The first-order chi connectivity index (χ1) is 13.4. The van der Waals surface area contributed by atoms with Crippen molar-refractivity contribution in [3.63, 3.8) is 0 Å². The van der Waals surface area contributed by atoms with Gasteiger partial charge in [0.25, 0.3) is 0 Å². The topological polar surface area (TPSA) is 272 Å². The van der Waals surface area contributed by atoms with Gasteiger partial charge in [-0.05, 0) is 19.3 Å². The number of guanidine groups is 1. The monoisotopic (exact) mass is 416 g/mol. The zero-order valence-electron chi connectivity index (χ0n) is 15.8. The van der Waals surface area contributed by atoms with Crippen molar-refractivity contribution in [1.82, 2.24) is 10.6 Å². The molecule has 14 nitrogen and oxygen atoms in total. The molecule has 0 aliphatic heterocycles. The van der Waals surface area contributed by atoms with Gasteiger partial charge in [0.15, 0.2) is 5.96 Å². The van der Waals surface area contributed by atoms with Crippen molar-refractivity contribution < 1.29 is 29.1 Å². The number of hydrogen-bond donors (Lipinski definition) is 8. The number of carboxylic acid groups (broad SMARTS) is 1. The van der Waals surface area contributed by atoms with Crippen molar-refractivity contribution in [2.24, 2.45) is 33.7 Å². The minimum Gasteiger partial charge on any atom is -0.480 e. The number of carbonyl (C=O) groups is 5. The highest BCUT2D eigenvalue weighted by atomic mass is 16.4. The van der Waals surface area contributed by atoms with Crippen LogP contribution in [-0.4, -0.2) is 65.3 Å². The van der Waals surface area contributed by atoms with Gasteiger partial charge in [-0.25, -0.2) is 4.79 Å². The third-order valence-electron chi connectivity index (χ3n) is 3.64. The predicted octanol–water partition coefficient (Wildman–Crippen LogP) is -4.44. The summed E-state index contributed by atoms with van der Waals surface area (Å²) in [4.78, 5) is 61.3. The first-order valence-corrected chi connectivity index (χ1v) is 8.65. The van der Waals surface area contributed by atoms with E-state index < -0.39 is 54.1 Å². The number of aliphatic imine (C=N–C) groups is 1. The van der Waals surface area contributed by atoms with Gasteiger partial charge in [0.2, 0.25) is 23.6 Å². The van der Waals surface area contributed by atoms with Crippen LogP contribution in [0.1, 0.15) is 32.1 Å². The summed E-state index contributed by atoms with van der Waals surface area (Å²) >= 11 is 0. The maximum atomic E-state index is 12.5. The summed E-state index contributed by atoms with van der Waals surface area (Å²) in [7, 11) is 0. The van der Waals surface area contributed by atoms with Crippen LogP contribution in [0.4, 0.5) is 0 Å². The van der Waals surface area contributed by atoms with Crippen LogP contribution in [-0.2, 0) is 24.0 Å². The normalized spacial score (nSPS) is 13.4. The quantitative estimate of drug-likeness (QED) is 0.0769. The molecule has 0 radical (unpaired) electrons. The fourth-order valence-electron chi connectivity index (χ4n) is 2.15. The molecule has 0 fully saturated rings. The van der Waals surface area contributed by atoms with E-state index in [0.717, 1.165) is 0 Å². The Balaban J connectivity index is 5.14. The summed E-state index contributed by atoms with van der Waals surface area (Å²) in [6.45, 7) is 0.152. The van der Waals surface area contributed by atoms with Gasteiger partial charge in [-0.1, -0.05) is 0 Å². The molecule has 3 atom stereocenters. The van der Waals surface area contributed by atoms with Crippen molar-refractivity contribution >= 4 is 35.6 Å². The third kappa shape index (κ3) is 11.8. The molecule has 0 aromatic rings. The molecule has 0 spiro atoms. The second-order valence-electron chi connectivity index (χ2n) is 6.19. The Bertz CT molecular complexity index is 649. The van der Waals surface area contributed by atoms with E-state index in [2.05, 4.69) is 15.6 Å². The molecule has 0 saturated heterocycles. The maximum absolute atomic E-state index is 12.5. The number of rotatable bonds is 14. The third-order valence-corrected chi connectivity index (χ3v) is 3.64. The first kappa shape index (κ1) is 25.6. The zero-order chi connectivity index (χ0) is 22.6. The summed E-state index contributed by atoms with van der Waals surface area (Å²) in [6.07, 6.45) is -0.493. The molecular weight excluding hydrogens is 388 g/mol. The number of nitrogens with zero attached hydrogens (tertiary/aromatic N) is 1. The molecule has 0 heterocycles. The van der Waals surface area contributed by atoms with Crippen molar-refractivity contribution in [2.45, 2.75) is 50.2 Å². The molecular formula is C15H28N8O6. The second-order valence-corrected chi connectivity index (χ2v) is 6.19. The summed E-state index contributed by atoms with van der Waals surface area (Å²) in [6, 6.07) is -3.87. The van der Waals surface area contributed by atoms with Crippen molar-refractivity contribution in [1.29, 1.82) is 0 Å². The number of nitrogens with one attached hydrogen (secondary N) is 2. The van der Waals surface area contributed by atoms with E-state index in [9.17, 15) is 24.0 Å². The Kier molecular flexibility index (Phi) is 11.4. The standard InChI is InChI=1S/C15H28N8O6/c16-7(3-4-10(17)24)12(26)22-8(2-1-5-21-15(19)20)13(27)23-9(14(28)29)6-11(18)25/h7-9H,1-6,16H2,(H2,17,24)(H2,18,25)(H,22,26)(H,23,27)(H,28,29)(H4,19,20,21). The number of amides is 4. The predicted molar refractivity (Wildman–Crippen MR) is 102 cm³/mol. The van der Waals surface area contributed by atoms with Gasteiger partial charge in [-0.15, -0.1) is 0 Å². The molecule has 3 unspecified atom stereocenters. The number of carboxylic acids is 1. The number of aliphatic carboxylic acids is 1. The molecule has 13 N–H and O–H groups in total. The lowest BCUT2D eigenvalue weighted by Gasteiger charge is -2.22. The Morgan fingerprint density at radius 2 is 1.45 bits per heavy atom. The maximum Gasteiger partial charge on any atom is 0.326 e. The fourth-order valence-corrected chi connectivity index (χ4v) is 2.15. The van der Waals surface area contributed by atoms with Crippen molar-refractivity contribution in [3.8, 4) is 0 Å². The van der Waals surface area contributed by atoms with Gasteiger partial charge in [-0.2, -0.15) is 0 Å². The SMILES string of the molecule is NC(=O)CCC(N)C(=O)NC(CCCN=C(N)N)C(=O)NC(CC(N)=O)C(=O)O. The molecule has 0 aliphatic rings. The van der Waals surface area contributed by atoms with E-state index in [-0.39, 0.29) is 38.2 Å². The molecule has 14 heteroatoms. The van der Waals surface area contributed by atoms with E-state index >= 15 is 0 Å². The average molecular weight is 416 g/mol. The van der Waals surface area contributed by atoms with Crippen LogP contribution in [0.3, 0.4) is 0 Å². The lowest BCUT2D eigenvalue weighted by molar-refractivity contribution is -0.143. The molecule has 29 heavy (non-hydrogen) atoms. The van der Waals surface area contributed by atoms with E-state index in [1.54, 1.807) is 0 Å². The highest BCUT2D eigenvalue weighted by molar-refractivity contribution is 5.93. The lowest BCUT2D eigenvalue weighted by Crippen LogP contribution is -2.55. The number of carbonyl (C=O) groups excluding carboxylic acids is 4. The summed E-state index contributed by atoms with van der Waals surface area (Å²) in [5.74, 6) is -4.80. The molecule has 0 aliphatic carbocycles.